The van der Waals surface area contributed by atoms with Crippen molar-refractivity contribution in [3.05, 3.63) is 54.2 Å². The quantitative estimate of drug-likeness (QED) is 0.741. The smallest absolute Gasteiger partial charge is 0.228 e. The molecule has 0 saturated heterocycles. The van der Waals surface area contributed by atoms with Crippen molar-refractivity contribution in [3.63, 3.8) is 0 Å². The van der Waals surface area contributed by atoms with Gasteiger partial charge in [0.15, 0.2) is 0 Å². The molecule has 3 aromatic rings. The maximum Gasteiger partial charge on any atom is 0.228 e. The highest BCUT2D eigenvalue weighted by Gasteiger charge is 2.13. The topological polar surface area (TPSA) is 72.4 Å². The lowest BCUT2D eigenvalue weighted by Gasteiger charge is -2.12. The molecule has 0 bridgehead atoms. The Hall–Kier alpha value is -3.28. The Kier molecular flexibility index (Phi) is 4.93. The van der Waals surface area contributed by atoms with Gasteiger partial charge in [0.2, 0.25) is 11.8 Å². The van der Waals surface area contributed by atoms with E-state index < -0.39 is 0 Å². The Bertz CT molecular complexity index is 976. The van der Waals surface area contributed by atoms with E-state index in [-0.39, 0.29) is 18.2 Å². The molecule has 0 radical (unpaired) electrons. The number of aromatic nitrogens is 1. The second-order valence-electron chi connectivity index (χ2n) is 6.10. The first-order valence-corrected chi connectivity index (χ1v) is 8.26. The normalized spacial score (nSPS) is 10.6. The van der Waals surface area contributed by atoms with Crippen LogP contribution in [0, 0.1) is 0 Å². The molecular formula is C20H21N3O3. The number of hydrogen-bond acceptors (Lipinski definition) is 3. The minimum absolute atomic E-state index is 0.153. The molecule has 0 aliphatic carbocycles. The molecule has 6 heteroatoms. The van der Waals surface area contributed by atoms with Crippen LogP contribution in [-0.2, 0) is 23.1 Å². The maximum atomic E-state index is 12.6. The van der Waals surface area contributed by atoms with Crippen LogP contribution in [0.2, 0.25) is 0 Å². The summed E-state index contributed by atoms with van der Waals surface area (Å²) in [6.07, 6.45) is 2.21. The number of nitrogens with one attached hydrogen (secondary N) is 2. The molecule has 1 aromatic heterocycles. The van der Waals surface area contributed by atoms with Crippen LogP contribution in [-0.4, -0.2) is 23.5 Å². The number of carbonyl (C=O) groups excluding carboxylic acids is 2. The average molecular weight is 351 g/mol. The zero-order valence-electron chi connectivity index (χ0n) is 15.0. The van der Waals surface area contributed by atoms with Crippen LogP contribution >= 0.6 is 0 Å². The maximum absolute atomic E-state index is 12.6. The highest BCUT2D eigenvalue weighted by Crippen LogP contribution is 2.28. The molecule has 0 aliphatic rings. The second-order valence-corrected chi connectivity index (χ2v) is 6.10. The van der Waals surface area contributed by atoms with E-state index in [1.54, 1.807) is 18.2 Å². The van der Waals surface area contributed by atoms with Gasteiger partial charge >= 0.3 is 0 Å². The lowest BCUT2D eigenvalue weighted by molar-refractivity contribution is -0.115. The third-order valence-electron chi connectivity index (χ3n) is 4.12. The van der Waals surface area contributed by atoms with Crippen molar-refractivity contribution in [1.82, 2.24) is 4.57 Å². The van der Waals surface area contributed by atoms with Gasteiger partial charge in [0.1, 0.15) is 5.75 Å². The van der Waals surface area contributed by atoms with Crippen LogP contribution in [0.15, 0.2) is 48.7 Å². The number of amides is 2. The van der Waals surface area contributed by atoms with Gasteiger partial charge in [0.05, 0.1) is 19.2 Å². The number of fused-ring (bicyclic) bond motifs is 1. The van der Waals surface area contributed by atoms with Crippen LogP contribution in [0.25, 0.3) is 10.9 Å². The molecule has 1 heterocycles. The lowest BCUT2D eigenvalue weighted by Crippen LogP contribution is -2.15. The predicted molar refractivity (Wildman–Crippen MR) is 103 cm³/mol. The van der Waals surface area contributed by atoms with E-state index in [4.69, 9.17) is 4.74 Å². The summed E-state index contributed by atoms with van der Waals surface area (Å²) >= 11 is 0. The third-order valence-corrected chi connectivity index (χ3v) is 4.12. The number of rotatable bonds is 5. The van der Waals surface area contributed by atoms with E-state index in [9.17, 15) is 9.59 Å². The van der Waals surface area contributed by atoms with E-state index in [2.05, 4.69) is 10.6 Å². The van der Waals surface area contributed by atoms with Gasteiger partial charge in [0.25, 0.3) is 0 Å². The van der Waals surface area contributed by atoms with Gasteiger partial charge in [-0.2, -0.15) is 0 Å². The Balaban J connectivity index is 1.82. The summed E-state index contributed by atoms with van der Waals surface area (Å²) in [5, 5.41) is 6.63. The zero-order valence-corrected chi connectivity index (χ0v) is 15.0. The number of carbonyl (C=O) groups is 2. The van der Waals surface area contributed by atoms with Crippen molar-refractivity contribution >= 4 is 34.1 Å². The molecule has 134 valence electrons. The summed E-state index contributed by atoms with van der Waals surface area (Å²) in [6.45, 7) is 1.43. The monoisotopic (exact) mass is 351 g/mol. The number of methoxy groups -OCH3 is 1. The Morgan fingerprint density at radius 1 is 1.12 bits per heavy atom. The summed E-state index contributed by atoms with van der Waals surface area (Å²) in [4.78, 5) is 23.8. The van der Waals surface area contributed by atoms with E-state index >= 15 is 0 Å². The summed E-state index contributed by atoms with van der Waals surface area (Å²) in [7, 11) is 3.50. The number of anilines is 2. The fourth-order valence-electron chi connectivity index (χ4n) is 3.02. The van der Waals surface area contributed by atoms with Gasteiger partial charge in [-0.15, -0.1) is 0 Å². The number of aryl methyl sites for hydroxylation is 1. The molecule has 3 rings (SSSR count). The number of ether oxygens (including phenoxy) is 1. The Labute approximate surface area is 151 Å². The highest BCUT2D eigenvalue weighted by atomic mass is 16.5. The summed E-state index contributed by atoms with van der Waals surface area (Å²) in [5.41, 5.74) is 3.15. The molecule has 0 saturated carbocycles. The summed E-state index contributed by atoms with van der Waals surface area (Å²) < 4.78 is 7.31. The molecule has 2 N–H and O–H groups in total. The van der Waals surface area contributed by atoms with Crippen molar-refractivity contribution in [2.75, 3.05) is 17.7 Å². The second kappa shape index (κ2) is 7.31. The van der Waals surface area contributed by atoms with Crippen LogP contribution in [0.1, 0.15) is 12.5 Å². The SMILES string of the molecule is COc1ccc(NC(C)=O)cc1NC(=O)Cc1cn(C)c2ccccc12. The first-order chi connectivity index (χ1) is 12.5. The molecule has 6 nitrogen and oxygen atoms in total. The first kappa shape index (κ1) is 17.5. The van der Waals surface area contributed by atoms with Crippen molar-refractivity contribution < 1.29 is 14.3 Å². The summed E-state index contributed by atoms with van der Waals surface area (Å²) in [6, 6.07) is 13.1. The van der Waals surface area contributed by atoms with E-state index in [0.717, 1.165) is 16.5 Å². The number of nitrogens with zero attached hydrogens (tertiary/aromatic N) is 1. The van der Waals surface area contributed by atoms with Crippen molar-refractivity contribution in [2.24, 2.45) is 7.05 Å². The van der Waals surface area contributed by atoms with Gasteiger partial charge < -0.3 is 19.9 Å². The Morgan fingerprint density at radius 3 is 2.62 bits per heavy atom. The van der Waals surface area contributed by atoms with E-state index in [1.807, 2.05) is 42.1 Å². The van der Waals surface area contributed by atoms with Crippen LogP contribution in [0.3, 0.4) is 0 Å². The number of hydrogen-bond donors (Lipinski definition) is 2. The predicted octanol–water partition coefficient (Wildman–Crippen LogP) is 3.33. The highest BCUT2D eigenvalue weighted by molar-refractivity contribution is 5.98. The van der Waals surface area contributed by atoms with Gasteiger partial charge in [0, 0.05) is 36.8 Å². The average Bonchev–Trinajstić information content (AvgIpc) is 2.91. The number of benzene rings is 2. The molecule has 0 atom stereocenters. The number of para-hydroxylation sites is 1. The molecular weight excluding hydrogens is 330 g/mol. The summed E-state index contributed by atoms with van der Waals surface area (Å²) in [5.74, 6) is 0.202. The molecule has 26 heavy (non-hydrogen) atoms. The standard InChI is InChI=1S/C20H21N3O3/c1-13(24)21-15-8-9-19(26-3)17(11-15)22-20(25)10-14-12-23(2)18-7-5-4-6-16(14)18/h4-9,11-12H,10H2,1-3H3,(H,21,24)(H,22,25). The Morgan fingerprint density at radius 2 is 1.88 bits per heavy atom. The molecule has 0 unspecified atom stereocenters. The van der Waals surface area contributed by atoms with E-state index in [1.165, 1.54) is 14.0 Å². The van der Waals surface area contributed by atoms with Crippen LogP contribution in [0.4, 0.5) is 11.4 Å². The fourth-order valence-corrected chi connectivity index (χ4v) is 3.02. The van der Waals surface area contributed by atoms with Crippen molar-refractivity contribution in [3.8, 4) is 5.75 Å². The first-order valence-electron chi connectivity index (χ1n) is 8.26. The third kappa shape index (κ3) is 3.69. The molecule has 0 spiro atoms. The van der Waals surface area contributed by atoms with Crippen LogP contribution in [0.5, 0.6) is 5.75 Å². The molecule has 2 aromatic carbocycles. The van der Waals surface area contributed by atoms with Gasteiger partial charge in [-0.25, -0.2) is 0 Å². The fraction of sp³-hybridized carbons (Fsp3) is 0.200. The zero-order chi connectivity index (χ0) is 18.7. The minimum Gasteiger partial charge on any atom is -0.495 e. The van der Waals surface area contributed by atoms with Gasteiger partial charge in [-0.05, 0) is 29.8 Å². The van der Waals surface area contributed by atoms with Gasteiger partial charge in [-0.1, -0.05) is 18.2 Å². The molecule has 2 amide bonds. The largest absolute Gasteiger partial charge is 0.495 e. The minimum atomic E-state index is -0.178. The van der Waals surface area contributed by atoms with Crippen molar-refractivity contribution in [2.45, 2.75) is 13.3 Å². The van der Waals surface area contributed by atoms with Crippen molar-refractivity contribution in [1.29, 1.82) is 0 Å². The molecule has 0 fully saturated rings. The van der Waals surface area contributed by atoms with E-state index in [0.29, 0.717) is 17.1 Å². The van der Waals surface area contributed by atoms with Crippen LogP contribution < -0.4 is 15.4 Å². The lowest BCUT2D eigenvalue weighted by atomic mass is 10.1. The van der Waals surface area contributed by atoms with Gasteiger partial charge in [-0.3, -0.25) is 9.59 Å². The molecule has 0 aliphatic heterocycles.